The van der Waals surface area contributed by atoms with Crippen LogP contribution in [-0.4, -0.2) is 23.2 Å². The zero-order chi connectivity index (χ0) is 10.2. The van der Waals surface area contributed by atoms with E-state index in [2.05, 4.69) is 23.7 Å². The van der Waals surface area contributed by atoms with Crippen molar-refractivity contribution in [3.63, 3.8) is 0 Å². The Morgan fingerprint density at radius 3 is 2.93 bits per heavy atom. The number of nitrogens with zero attached hydrogens (tertiary/aromatic N) is 2. The molecule has 1 N–H and O–H groups in total. The fraction of sp³-hybridized carbons (Fsp3) is 0.700. The summed E-state index contributed by atoms with van der Waals surface area (Å²) in [6.07, 6.45) is 2.99. The van der Waals surface area contributed by atoms with Crippen molar-refractivity contribution >= 4 is 16.5 Å². The summed E-state index contributed by atoms with van der Waals surface area (Å²) in [5.74, 6) is 0. The molecule has 1 fully saturated rings. The van der Waals surface area contributed by atoms with Crippen molar-refractivity contribution in [1.29, 1.82) is 0 Å². The molecule has 0 saturated carbocycles. The molecule has 1 aromatic rings. The van der Waals surface area contributed by atoms with Gasteiger partial charge in [-0.05, 0) is 11.8 Å². The minimum Gasteiger partial charge on any atom is -0.391 e. The molecule has 0 aromatic carbocycles. The summed E-state index contributed by atoms with van der Waals surface area (Å²) >= 11 is 1.60. The van der Waals surface area contributed by atoms with Gasteiger partial charge in [-0.3, -0.25) is 0 Å². The van der Waals surface area contributed by atoms with Crippen LogP contribution in [0, 0.1) is 5.41 Å². The van der Waals surface area contributed by atoms with Crippen LogP contribution >= 0.6 is 11.3 Å². The average Bonchev–Trinajstić information content (AvgIpc) is 2.70. The lowest BCUT2D eigenvalue weighted by molar-refractivity contribution is 0.285. The van der Waals surface area contributed by atoms with Crippen molar-refractivity contribution in [2.45, 2.75) is 26.9 Å². The third-order valence-corrected chi connectivity index (χ3v) is 3.69. The molecule has 1 aliphatic heterocycles. The van der Waals surface area contributed by atoms with Gasteiger partial charge in [0.15, 0.2) is 5.13 Å². The van der Waals surface area contributed by atoms with Crippen LogP contribution in [-0.2, 0) is 6.61 Å². The third kappa shape index (κ3) is 1.91. The number of hydrogen-bond acceptors (Lipinski definition) is 4. The number of aliphatic hydroxyl groups is 1. The molecule has 4 heteroatoms. The van der Waals surface area contributed by atoms with Crippen molar-refractivity contribution in [1.82, 2.24) is 4.98 Å². The van der Waals surface area contributed by atoms with Crippen LogP contribution in [0.2, 0.25) is 0 Å². The van der Waals surface area contributed by atoms with Gasteiger partial charge in [-0.15, -0.1) is 0 Å². The minimum atomic E-state index is 0.106. The molecule has 78 valence electrons. The maximum atomic E-state index is 8.95. The van der Waals surface area contributed by atoms with Gasteiger partial charge in [-0.1, -0.05) is 25.2 Å². The van der Waals surface area contributed by atoms with E-state index in [0.717, 1.165) is 23.1 Å². The number of anilines is 1. The Hall–Kier alpha value is -0.610. The highest BCUT2D eigenvalue weighted by Gasteiger charge is 2.30. The number of thiazole rings is 1. The second-order valence-corrected chi connectivity index (χ2v) is 5.70. The summed E-state index contributed by atoms with van der Waals surface area (Å²) in [7, 11) is 0. The Morgan fingerprint density at radius 2 is 2.43 bits per heavy atom. The van der Waals surface area contributed by atoms with Gasteiger partial charge >= 0.3 is 0 Å². The molecule has 0 unspecified atom stereocenters. The molecular formula is C10H16N2OS. The topological polar surface area (TPSA) is 36.4 Å². The largest absolute Gasteiger partial charge is 0.391 e. The van der Waals surface area contributed by atoms with Crippen molar-refractivity contribution in [3.8, 4) is 0 Å². The number of rotatable bonds is 2. The van der Waals surface area contributed by atoms with Crippen molar-refractivity contribution < 1.29 is 5.11 Å². The number of hydrogen-bond donors (Lipinski definition) is 1. The first-order valence-corrected chi connectivity index (χ1v) is 5.73. The van der Waals surface area contributed by atoms with E-state index < -0.39 is 0 Å². The molecule has 0 spiro atoms. The number of aliphatic hydroxyl groups excluding tert-OH is 1. The lowest BCUT2D eigenvalue weighted by atomic mass is 9.93. The van der Waals surface area contributed by atoms with Gasteiger partial charge < -0.3 is 10.0 Å². The minimum absolute atomic E-state index is 0.106. The van der Waals surface area contributed by atoms with Crippen molar-refractivity contribution in [2.75, 3.05) is 18.0 Å². The molecule has 1 aromatic heterocycles. The summed E-state index contributed by atoms with van der Waals surface area (Å²) in [6.45, 7) is 6.84. The van der Waals surface area contributed by atoms with E-state index in [1.54, 1.807) is 17.5 Å². The quantitative estimate of drug-likeness (QED) is 0.813. The van der Waals surface area contributed by atoms with E-state index in [-0.39, 0.29) is 6.61 Å². The molecule has 2 heterocycles. The Kier molecular flexibility index (Phi) is 2.49. The summed E-state index contributed by atoms with van der Waals surface area (Å²) in [4.78, 5) is 7.58. The van der Waals surface area contributed by atoms with E-state index in [1.807, 2.05) is 0 Å². The SMILES string of the molecule is CC1(C)CCN(c2ncc(CO)s2)C1. The predicted octanol–water partition coefficient (Wildman–Crippen LogP) is 1.87. The van der Waals surface area contributed by atoms with Gasteiger partial charge in [-0.2, -0.15) is 0 Å². The first-order chi connectivity index (χ1) is 6.61. The predicted molar refractivity (Wildman–Crippen MR) is 58.6 cm³/mol. The monoisotopic (exact) mass is 212 g/mol. The van der Waals surface area contributed by atoms with Crippen LogP contribution in [0.3, 0.4) is 0 Å². The highest BCUT2D eigenvalue weighted by molar-refractivity contribution is 7.15. The molecule has 1 saturated heterocycles. The van der Waals surface area contributed by atoms with E-state index in [4.69, 9.17) is 5.11 Å². The Balaban J connectivity index is 2.09. The van der Waals surface area contributed by atoms with Gasteiger partial charge in [0.25, 0.3) is 0 Å². The zero-order valence-corrected chi connectivity index (χ0v) is 9.47. The van der Waals surface area contributed by atoms with Crippen LogP contribution in [0.4, 0.5) is 5.13 Å². The molecule has 14 heavy (non-hydrogen) atoms. The lowest BCUT2D eigenvalue weighted by Gasteiger charge is -2.18. The second-order valence-electron chi connectivity index (χ2n) is 4.60. The highest BCUT2D eigenvalue weighted by atomic mass is 32.1. The smallest absolute Gasteiger partial charge is 0.185 e. The van der Waals surface area contributed by atoms with Gasteiger partial charge in [-0.25, -0.2) is 4.98 Å². The van der Waals surface area contributed by atoms with Crippen molar-refractivity contribution in [2.24, 2.45) is 5.41 Å². The van der Waals surface area contributed by atoms with E-state index in [9.17, 15) is 0 Å². The second kappa shape index (κ2) is 3.51. The first-order valence-electron chi connectivity index (χ1n) is 4.91. The molecule has 0 atom stereocenters. The maximum Gasteiger partial charge on any atom is 0.185 e. The summed E-state index contributed by atoms with van der Waals surface area (Å²) in [5, 5.41) is 10.0. The first kappa shape index (κ1) is 9.93. The Labute approximate surface area is 88.4 Å². The fourth-order valence-electron chi connectivity index (χ4n) is 1.79. The van der Waals surface area contributed by atoms with Crippen LogP contribution in [0.15, 0.2) is 6.20 Å². The van der Waals surface area contributed by atoms with Crippen molar-refractivity contribution in [3.05, 3.63) is 11.1 Å². The average molecular weight is 212 g/mol. The van der Waals surface area contributed by atoms with Crippen LogP contribution in [0.1, 0.15) is 25.1 Å². The lowest BCUT2D eigenvalue weighted by Crippen LogP contribution is -2.22. The highest BCUT2D eigenvalue weighted by Crippen LogP contribution is 2.34. The molecule has 0 radical (unpaired) electrons. The summed E-state index contributed by atoms with van der Waals surface area (Å²) in [6, 6.07) is 0. The zero-order valence-electron chi connectivity index (χ0n) is 8.66. The summed E-state index contributed by atoms with van der Waals surface area (Å²) in [5.41, 5.74) is 0.408. The molecular weight excluding hydrogens is 196 g/mol. The van der Waals surface area contributed by atoms with E-state index >= 15 is 0 Å². The standard InChI is InChI=1S/C10H16N2OS/c1-10(2)3-4-12(7-10)9-11-5-8(6-13)14-9/h5,13H,3-4,6-7H2,1-2H3. The van der Waals surface area contributed by atoms with Crippen LogP contribution < -0.4 is 4.90 Å². The van der Waals surface area contributed by atoms with Crippen LogP contribution in [0.25, 0.3) is 0 Å². The van der Waals surface area contributed by atoms with Gasteiger partial charge in [0, 0.05) is 19.3 Å². The van der Waals surface area contributed by atoms with E-state index in [0.29, 0.717) is 5.41 Å². The fourth-order valence-corrected chi connectivity index (χ4v) is 2.59. The summed E-state index contributed by atoms with van der Waals surface area (Å²) < 4.78 is 0. The molecule has 2 rings (SSSR count). The molecule has 0 aliphatic carbocycles. The molecule has 1 aliphatic rings. The maximum absolute atomic E-state index is 8.95. The van der Waals surface area contributed by atoms with Gasteiger partial charge in [0.2, 0.25) is 0 Å². The normalized spacial score (nSPS) is 20.4. The molecule has 0 amide bonds. The Bertz CT molecular complexity index is 322. The van der Waals surface area contributed by atoms with Gasteiger partial charge in [0.1, 0.15) is 0 Å². The molecule has 3 nitrogen and oxygen atoms in total. The van der Waals surface area contributed by atoms with E-state index in [1.165, 1.54) is 6.42 Å². The molecule has 0 bridgehead atoms. The number of aromatic nitrogens is 1. The van der Waals surface area contributed by atoms with Gasteiger partial charge in [0.05, 0.1) is 11.5 Å². The Morgan fingerprint density at radius 1 is 1.64 bits per heavy atom. The third-order valence-electron chi connectivity index (χ3n) is 2.65. The van der Waals surface area contributed by atoms with Crippen LogP contribution in [0.5, 0.6) is 0 Å².